The number of carbonyl (C=O) groups excluding carboxylic acids is 2. The normalized spacial score (nSPS) is 11.9. The standard InChI is InChI=1S/C16H24O10P2/c17-15(25-9-1-3-11-27(19,20)21)13-5-7-14(8-6-13)16(18)26-10-2-4-12-28(22,23)24/h5-8H,1-4,9-12H2,(H2,19,20,21)(H2,22,23,24). The summed E-state index contributed by atoms with van der Waals surface area (Å²) in [6.07, 6.45) is 0.584. The van der Waals surface area contributed by atoms with E-state index < -0.39 is 27.1 Å². The number of unbranched alkanes of at least 4 members (excludes halogenated alkanes) is 2. The fraction of sp³-hybridized carbons (Fsp3) is 0.500. The van der Waals surface area contributed by atoms with Gasteiger partial charge in [-0.1, -0.05) is 0 Å². The lowest BCUT2D eigenvalue weighted by atomic mass is 10.1. The van der Waals surface area contributed by atoms with Gasteiger partial charge in [-0.25, -0.2) is 9.59 Å². The minimum atomic E-state index is -4.04. The van der Waals surface area contributed by atoms with E-state index in [4.69, 9.17) is 29.0 Å². The van der Waals surface area contributed by atoms with Crippen molar-refractivity contribution in [3.05, 3.63) is 35.4 Å². The number of benzene rings is 1. The van der Waals surface area contributed by atoms with E-state index >= 15 is 0 Å². The van der Waals surface area contributed by atoms with E-state index in [-0.39, 0.29) is 49.5 Å². The number of esters is 2. The SMILES string of the molecule is O=C(OCCCCP(=O)(O)O)c1ccc(C(=O)OCCCCP(=O)(O)O)cc1. The Morgan fingerprint density at radius 2 is 1.00 bits per heavy atom. The van der Waals surface area contributed by atoms with Gasteiger partial charge >= 0.3 is 27.1 Å². The lowest BCUT2D eigenvalue weighted by Crippen LogP contribution is -2.09. The Hall–Kier alpha value is -1.54. The first kappa shape index (κ1) is 24.5. The molecule has 0 spiro atoms. The maximum Gasteiger partial charge on any atom is 0.338 e. The summed E-state index contributed by atoms with van der Waals surface area (Å²) in [5, 5.41) is 0. The Labute approximate surface area is 162 Å². The first-order valence-electron chi connectivity index (χ1n) is 8.51. The van der Waals surface area contributed by atoms with Crippen LogP contribution in [-0.4, -0.2) is 57.0 Å². The summed E-state index contributed by atoms with van der Waals surface area (Å²) in [6.45, 7) is 0.0501. The highest BCUT2D eigenvalue weighted by Gasteiger charge is 2.14. The summed E-state index contributed by atoms with van der Waals surface area (Å²) in [4.78, 5) is 58.6. The molecule has 0 saturated heterocycles. The van der Waals surface area contributed by atoms with Crippen molar-refractivity contribution >= 4 is 27.1 Å². The Morgan fingerprint density at radius 3 is 1.29 bits per heavy atom. The lowest BCUT2D eigenvalue weighted by Gasteiger charge is -2.07. The number of hydrogen-bond acceptors (Lipinski definition) is 6. The molecule has 0 aliphatic carbocycles. The number of ether oxygens (including phenoxy) is 2. The highest BCUT2D eigenvalue weighted by Crippen LogP contribution is 2.35. The average Bonchev–Trinajstić information content (AvgIpc) is 2.59. The van der Waals surface area contributed by atoms with Crippen LogP contribution in [0.25, 0.3) is 0 Å². The van der Waals surface area contributed by atoms with Gasteiger partial charge in [-0.05, 0) is 49.9 Å². The number of carbonyl (C=O) groups is 2. The van der Waals surface area contributed by atoms with E-state index in [0.717, 1.165) is 0 Å². The summed E-state index contributed by atoms with van der Waals surface area (Å²) in [7, 11) is -8.08. The van der Waals surface area contributed by atoms with Crippen LogP contribution >= 0.6 is 15.2 Å². The summed E-state index contributed by atoms with van der Waals surface area (Å²) in [5.41, 5.74) is 0.432. The van der Waals surface area contributed by atoms with Gasteiger partial charge in [-0.2, -0.15) is 0 Å². The molecule has 1 aromatic rings. The molecule has 1 aromatic carbocycles. The van der Waals surface area contributed by atoms with Crippen LogP contribution in [-0.2, 0) is 18.6 Å². The monoisotopic (exact) mass is 438 g/mol. The topological polar surface area (TPSA) is 168 Å². The van der Waals surface area contributed by atoms with Crippen LogP contribution in [0.15, 0.2) is 24.3 Å². The molecule has 10 nitrogen and oxygen atoms in total. The highest BCUT2D eigenvalue weighted by molar-refractivity contribution is 7.52. The molecule has 0 bridgehead atoms. The first-order valence-corrected chi connectivity index (χ1v) is 12.1. The van der Waals surface area contributed by atoms with Crippen molar-refractivity contribution in [1.29, 1.82) is 0 Å². The van der Waals surface area contributed by atoms with Crippen LogP contribution in [0.4, 0.5) is 0 Å². The second kappa shape index (κ2) is 11.5. The van der Waals surface area contributed by atoms with Gasteiger partial charge in [-0.15, -0.1) is 0 Å². The lowest BCUT2D eigenvalue weighted by molar-refractivity contribution is 0.0485. The van der Waals surface area contributed by atoms with Gasteiger partial charge < -0.3 is 29.0 Å². The van der Waals surface area contributed by atoms with Crippen molar-refractivity contribution < 1.29 is 47.8 Å². The third-order valence-electron chi connectivity index (χ3n) is 3.51. The summed E-state index contributed by atoms with van der Waals surface area (Å²) in [5.74, 6) is -1.23. The molecule has 0 aliphatic rings. The summed E-state index contributed by atoms with van der Waals surface area (Å²) >= 11 is 0. The van der Waals surface area contributed by atoms with Gasteiger partial charge in [0.1, 0.15) is 0 Å². The minimum Gasteiger partial charge on any atom is -0.462 e. The Bertz CT molecular complexity index is 671. The molecule has 0 aromatic heterocycles. The molecule has 0 aliphatic heterocycles. The predicted octanol–water partition coefficient (Wildman–Crippen LogP) is 1.92. The minimum absolute atomic E-state index is 0.0250. The first-order chi connectivity index (χ1) is 13.0. The quantitative estimate of drug-likeness (QED) is 0.215. The zero-order valence-electron chi connectivity index (χ0n) is 15.1. The van der Waals surface area contributed by atoms with Gasteiger partial charge in [0.25, 0.3) is 0 Å². The molecule has 0 radical (unpaired) electrons. The van der Waals surface area contributed by atoms with Crippen molar-refractivity contribution in [3.8, 4) is 0 Å². The molecule has 0 saturated carbocycles. The van der Waals surface area contributed by atoms with E-state index in [0.29, 0.717) is 12.8 Å². The number of hydrogen-bond donors (Lipinski definition) is 4. The molecular weight excluding hydrogens is 414 g/mol. The van der Waals surface area contributed by atoms with E-state index in [2.05, 4.69) is 0 Å². The molecule has 158 valence electrons. The van der Waals surface area contributed by atoms with Crippen LogP contribution in [0.1, 0.15) is 46.4 Å². The third kappa shape index (κ3) is 11.3. The van der Waals surface area contributed by atoms with Gasteiger partial charge in [0.15, 0.2) is 0 Å². The molecule has 0 unspecified atom stereocenters. The Balaban J connectivity index is 2.33. The fourth-order valence-corrected chi connectivity index (χ4v) is 3.35. The predicted molar refractivity (Wildman–Crippen MR) is 99.3 cm³/mol. The molecule has 12 heteroatoms. The smallest absolute Gasteiger partial charge is 0.338 e. The van der Waals surface area contributed by atoms with Crippen LogP contribution in [0.5, 0.6) is 0 Å². The molecule has 28 heavy (non-hydrogen) atoms. The second-order valence-corrected chi connectivity index (χ2v) is 9.59. The maximum absolute atomic E-state index is 11.9. The zero-order chi connectivity index (χ0) is 21.2. The van der Waals surface area contributed by atoms with Crippen molar-refractivity contribution in [1.82, 2.24) is 0 Å². The average molecular weight is 438 g/mol. The zero-order valence-corrected chi connectivity index (χ0v) is 16.9. The maximum atomic E-state index is 11.9. The van der Waals surface area contributed by atoms with Gasteiger partial charge in [0.2, 0.25) is 0 Å². The van der Waals surface area contributed by atoms with Crippen molar-refractivity contribution in [2.24, 2.45) is 0 Å². The largest absolute Gasteiger partial charge is 0.462 e. The third-order valence-corrected chi connectivity index (χ3v) is 5.31. The molecule has 4 N–H and O–H groups in total. The van der Waals surface area contributed by atoms with Gasteiger partial charge in [0.05, 0.1) is 24.3 Å². The Morgan fingerprint density at radius 1 is 0.679 bits per heavy atom. The second-order valence-electron chi connectivity index (χ2n) is 6.04. The van der Waals surface area contributed by atoms with Crippen molar-refractivity contribution in [3.63, 3.8) is 0 Å². The molecule has 0 heterocycles. The summed E-state index contributed by atoms with van der Waals surface area (Å²) in [6, 6.07) is 5.56. The van der Waals surface area contributed by atoms with Crippen LogP contribution in [0, 0.1) is 0 Å². The highest BCUT2D eigenvalue weighted by atomic mass is 31.2. The fourth-order valence-electron chi connectivity index (χ4n) is 2.08. The molecule has 0 fully saturated rings. The Kier molecular flexibility index (Phi) is 10.0. The summed E-state index contributed by atoms with van der Waals surface area (Å²) < 4.78 is 31.4. The van der Waals surface area contributed by atoms with Crippen LogP contribution in [0.2, 0.25) is 0 Å². The molecule has 0 amide bonds. The van der Waals surface area contributed by atoms with Crippen LogP contribution in [0.3, 0.4) is 0 Å². The van der Waals surface area contributed by atoms with Crippen molar-refractivity contribution in [2.45, 2.75) is 25.7 Å². The molecular formula is C16H24O10P2. The van der Waals surface area contributed by atoms with E-state index in [1.54, 1.807) is 0 Å². The van der Waals surface area contributed by atoms with E-state index in [1.807, 2.05) is 0 Å². The van der Waals surface area contributed by atoms with Crippen molar-refractivity contribution in [2.75, 3.05) is 25.5 Å². The van der Waals surface area contributed by atoms with Gasteiger partial charge in [0, 0.05) is 12.3 Å². The van der Waals surface area contributed by atoms with E-state index in [9.17, 15) is 18.7 Å². The van der Waals surface area contributed by atoms with Crippen LogP contribution < -0.4 is 0 Å². The van der Waals surface area contributed by atoms with Gasteiger partial charge in [-0.3, -0.25) is 9.13 Å². The van der Waals surface area contributed by atoms with E-state index in [1.165, 1.54) is 24.3 Å². The number of rotatable bonds is 12. The molecule has 1 rings (SSSR count). The molecule has 0 atom stereocenters.